The topological polar surface area (TPSA) is 76.7 Å². The van der Waals surface area contributed by atoms with Crippen LogP contribution in [0.3, 0.4) is 0 Å². The first-order chi connectivity index (χ1) is 13.3. The Kier molecular flexibility index (Phi) is 7.44. The van der Waals surface area contributed by atoms with Gasteiger partial charge in [-0.25, -0.2) is 0 Å². The molecule has 6 nitrogen and oxygen atoms in total. The number of methoxy groups -OCH3 is 1. The van der Waals surface area contributed by atoms with Crippen molar-refractivity contribution in [1.82, 2.24) is 5.32 Å². The Balaban J connectivity index is 1.97. The minimum atomic E-state index is -0.202. The highest BCUT2D eigenvalue weighted by Gasteiger charge is 2.12. The average molecular weight is 384 g/mol. The average Bonchev–Trinajstić information content (AvgIpc) is 2.66. The Morgan fingerprint density at radius 1 is 0.964 bits per heavy atom. The van der Waals surface area contributed by atoms with Crippen LogP contribution in [0.1, 0.15) is 43.6 Å². The van der Waals surface area contributed by atoms with E-state index in [0.29, 0.717) is 23.6 Å². The van der Waals surface area contributed by atoms with Gasteiger partial charge < -0.3 is 20.1 Å². The van der Waals surface area contributed by atoms with E-state index in [1.807, 2.05) is 52.0 Å². The molecule has 0 radical (unpaired) electrons. The van der Waals surface area contributed by atoms with Crippen LogP contribution in [0, 0.1) is 5.92 Å². The Hall–Kier alpha value is -3.02. The van der Waals surface area contributed by atoms with Crippen LogP contribution < -0.4 is 20.1 Å². The predicted octanol–water partition coefficient (Wildman–Crippen LogP) is 4.01. The van der Waals surface area contributed by atoms with Gasteiger partial charge in [0.2, 0.25) is 5.91 Å². The molecule has 28 heavy (non-hydrogen) atoms. The molecule has 0 saturated carbocycles. The Bertz CT molecular complexity index is 814. The molecular weight excluding hydrogens is 356 g/mol. The minimum absolute atomic E-state index is 0.0156. The lowest BCUT2D eigenvalue weighted by Crippen LogP contribution is -2.23. The SMILES string of the molecule is COc1cc(C(=O)NCc2ccc(NC(=O)C(C)C)cc2)ccc1OC(C)C. The van der Waals surface area contributed by atoms with Crippen molar-refractivity contribution in [2.75, 3.05) is 12.4 Å². The number of hydrogen-bond acceptors (Lipinski definition) is 4. The van der Waals surface area contributed by atoms with Gasteiger partial charge in [0.25, 0.3) is 5.91 Å². The van der Waals surface area contributed by atoms with Crippen molar-refractivity contribution in [3.05, 3.63) is 53.6 Å². The number of rotatable bonds is 8. The molecule has 2 N–H and O–H groups in total. The van der Waals surface area contributed by atoms with E-state index in [1.165, 1.54) is 0 Å². The second kappa shape index (κ2) is 9.78. The molecule has 150 valence electrons. The molecule has 0 heterocycles. The molecule has 2 rings (SSSR count). The van der Waals surface area contributed by atoms with E-state index in [1.54, 1.807) is 25.3 Å². The molecule has 0 fully saturated rings. The largest absolute Gasteiger partial charge is 0.493 e. The summed E-state index contributed by atoms with van der Waals surface area (Å²) in [6.45, 7) is 7.93. The molecule has 0 bridgehead atoms. The highest BCUT2D eigenvalue weighted by atomic mass is 16.5. The lowest BCUT2D eigenvalue weighted by Gasteiger charge is -2.14. The summed E-state index contributed by atoms with van der Waals surface area (Å²) >= 11 is 0. The summed E-state index contributed by atoms with van der Waals surface area (Å²) in [6.07, 6.45) is 0.0156. The molecule has 2 aromatic carbocycles. The molecule has 0 aliphatic heterocycles. The second-order valence-electron chi connectivity index (χ2n) is 7.06. The summed E-state index contributed by atoms with van der Waals surface area (Å²) in [4.78, 5) is 24.2. The number of hydrogen-bond donors (Lipinski definition) is 2. The monoisotopic (exact) mass is 384 g/mol. The van der Waals surface area contributed by atoms with Crippen molar-refractivity contribution >= 4 is 17.5 Å². The zero-order valence-electron chi connectivity index (χ0n) is 17.0. The maximum absolute atomic E-state index is 12.4. The lowest BCUT2D eigenvalue weighted by molar-refractivity contribution is -0.118. The maximum atomic E-state index is 12.4. The van der Waals surface area contributed by atoms with Crippen LogP contribution in [-0.2, 0) is 11.3 Å². The van der Waals surface area contributed by atoms with E-state index >= 15 is 0 Å². The van der Waals surface area contributed by atoms with E-state index in [-0.39, 0.29) is 23.8 Å². The molecular formula is C22H28N2O4. The molecule has 6 heteroatoms. The van der Waals surface area contributed by atoms with Crippen LogP contribution in [0.2, 0.25) is 0 Å². The summed E-state index contributed by atoms with van der Waals surface area (Å²) in [7, 11) is 1.55. The van der Waals surface area contributed by atoms with E-state index in [4.69, 9.17) is 9.47 Å². The van der Waals surface area contributed by atoms with Crippen LogP contribution >= 0.6 is 0 Å². The summed E-state index contributed by atoms with van der Waals surface area (Å²) in [5.74, 6) is 0.819. The van der Waals surface area contributed by atoms with Gasteiger partial charge in [0.15, 0.2) is 11.5 Å². The fourth-order valence-corrected chi connectivity index (χ4v) is 2.44. The summed E-state index contributed by atoms with van der Waals surface area (Å²) in [6, 6.07) is 12.5. The third kappa shape index (κ3) is 6.01. The number of carbonyl (C=O) groups excluding carboxylic acids is 2. The molecule has 0 aromatic heterocycles. The number of amides is 2. The highest BCUT2D eigenvalue weighted by Crippen LogP contribution is 2.29. The van der Waals surface area contributed by atoms with Crippen molar-refractivity contribution in [3.8, 4) is 11.5 Å². The van der Waals surface area contributed by atoms with Gasteiger partial charge in [-0.15, -0.1) is 0 Å². The molecule has 0 spiro atoms. The molecule has 0 aliphatic rings. The van der Waals surface area contributed by atoms with Crippen LogP contribution in [0.5, 0.6) is 11.5 Å². The molecule has 0 aliphatic carbocycles. The lowest BCUT2D eigenvalue weighted by atomic mass is 10.1. The number of benzene rings is 2. The Labute approximate surface area is 166 Å². The van der Waals surface area contributed by atoms with Gasteiger partial charge in [-0.2, -0.15) is 0 Å². The standard InChI is InChI=1S/C22H28N2O4/c1-14(2)21(25)24-18-9-6-16(7-10-18)13-23-22(26)17-8-11-19(28-15(3)4)20(12-17)27-5/h6-12,14-15H,13H2,1-5H3,(H,23,26)(H,24,25). The van der Waals surface area contributed by atoms with E-state index in [0.717, 1.165) is 11.3 Å². The van der Waals surface area contributed by atoms with Crippen molar-refractivity contribution in [3.63, 3.8) is 0 Å². The molecule has 2 aromatic rings. The number of nitrogens with one attached hydrogen (secondary N) is 2. The highest BCUT2D eigenvalue weighted by molar-refractivity contribution is 5.95. The first-order valence-electron chi connectivity index (χ1n) is 9.33. The van der Waals surface area contributed by atoms with Gasteiger partial charge >= 0.3 is 0 Å². The fourth-order valence-electron chi connectivity index (χ4n) is 2.44. The van der Waals surface area contributed by atoms with Gasteiger partial charge in [0.1, 0.15) is 0 Å². The van der Waals surface area contributed by atoms with E-state index in [2.05, 4.69) is 10.6 Å². The predicted molar refractivity (Wildman–Crippen MR) is 110 cm³/mol. The van der Waals surface area contributed by atoms with Crippen molar-refractivity contribution in [1.29, 1.82) is 0 Å². The maximum Gasteiger partial charge on any atom is 0.251 e. The normalized spacial score (nSPS) is 10.7. The zero-order chi connectivity index (χ0) is 20.7. The van der Waals surface area contributed by atoms with Crippen LogP contribution in [0.15, 0.2) is 42.5 Å². The summed E-state index contributed by atoms with van der Waals surface area (Å²) in [5, 5.41) is 5.72. The quantitative estimate of drug-likeness (QED) is 0.721. The summed E-state index contributed by atoms with van der Waals surface area (Å²) in [5.41, 5.74) is 2.16. The third-order valence-electron chi connectivity index (χ3n) is 3.99. The zero-order valence-corrected chi connectivity index (χ0v) is 17.0. The fraction of sp³-hybridized carbons (Fsp3) is 0.364. The van der Waals surface area contributed by atoms with Gasteiger partial charge in [0, 0.05) is 23.7 Å². The van der Waals surface area contributed by atoms with Gasteiger partial charge in [-0.1, -0.05) is 26.0 Å². The van der Waals surface area contributed by atoms with Gasteiger partial charge in [0.05, 0.1) is 13.2 Å². The van der Waals surface area contributed by atoms with Crippen LogP contribution in [0.4, 0.5) is 5.69 Å². The van der Waals surface area contributed by atoms with Crippen LogP contribution in [0.25, 0.3) is 0 Å². The van der Waals surface area contributed by atoms with Gasteiger partial charge in [-0.3, -0.25) is 9.59 Å². The molecule has 2 amide bonds. The van der Waals surface area contributed by atoms with Crippen molar-refractivity contribution in [2.24, 2.45) is 5.92 Å². The molecule has 0 unspecified atom stereocenters. The first kappa shape index (κ1) is 21.3. The van der Waals surface area contributed by atoms with Gasteiger partial charge in [-0.05, 0) is 49.7 Å². The Morgan fingerprint density at radius 2 is 1.64 bits per heavy atom. The number of ether oxygens (including phenoxy) is 2. The molecule has 0 saturated heterocycles. The van der Waals surface area contributed by atoms with Crippen molar-refractivity contribution in [2.45, 2.75) is 40.3 Å². The smallest absolute Gasteiger partial charge is 0.251 e. The number of carbonyl (C=O) groups is 2. The number of anilines is 1. The van der Waals surface area contributed by atoms with E-state index in [9.17, 15) is 9.59 Å². The first-order valence-corrected chi connectivity index (χ1v) is 9.33. The third-order valence-corrected chi connectivity index (χ3v) is 3.99. The minimum Gasteiger partial charge on any atom is -0.493 e. The van der Waals surface area contributed by atoms with Crippen LogP contribution in [-0.4, -0.2) is 25.0 Å². The van der Waals surface area contributed by atoms with Crippen molar-refractivity contribution < 1.29 is 19.1 Å². The summed E-state index contributed by atoms with van der Waals surface area (Å²) < 4.78 is 11.0. The second-order valence-corrected chi connectivity index (χ2v) is 7.06. The molecule has 0 atom stereocenters. The Morgan fingerprint density at radius 3 is 2.21 bits per heavy atom. The van der Waals surface area contributed by atoms with E-state index < -0.39 is 0 Å².